The Balaban J connectivity index is 1.97. The molecule has 1 atom stereocenters. The summed E-state index contributed by atoms with van der Waals surface area (Å²) in [5.74, 6) is -2.06. The van der Waals surface area contributed by atoms with Crippen LogP contribution in [-0.2, 0) is 0 Å². The first-order valence-electron chi connectivity index (χ1n) is 8.22. The fourth-order valence-corrected chi connectivity index (χ4v) is 4.28. The van der Waals surface area contributed by atoms with E-state index in [1.807, 2.05) is 4.90 Å². The maximum atomic E-state index is 14.9. The first-order valence-corrected chi connectivity index (χ1v) is 8.60. The van der Waals surface area contributed by atoms with Crippen molar-refractivity contribution in [3.63, 3.8) is 0 Å². The third-order valence-corrected chi connectivity index (χ3v) is 5.89. The van der Waals surface area contributed by atoms with E-state index in [0.29, 0.717) is 13.1 Å². The Hall–Kier alpha value is -2.38. The van der Waals surface area contributed by atoms with Gasteiger partial charge >= 0.3 is 5.97 Å². The molecule has 0 radical (unpaired) electrons. The monoisotopic (exact) mass is 377 g/mol. The number of benzene rings is 1. The van der Waals surface area contributed by atoms with Gasteiger partial charge in [0.05, 0.1) is 21.6 Å². The topological polar surface area (TPSA) is 88.6 Å². The van der Waals surface area contributed by atoms with Crippen molar-refractivity contribution in [2.45, 2.75) is 18.9 Å². The highest BCUT2D eigenvalue weighted by Gasteiger charge is 2.54. The third kappa shape index (κ3) is 2.27. The molecule has 3 N–H and O–H groups in total. The zero-order valence-electron chi connectivity index (χ0n) is 13.8. The van der Waals surface area contributed by atoms with Crippen LogP contribution in [-0.4, -0.2) is 34.8 Å². The number of hydrogen-bond acceptors (Lipinski definition) is 4. The van der Waals surface area contributed by atoms with Gasteiger partial charge in [-0.1, -0.05) is 18.2 Å². The number of nitrogens with zero attached hydrogens (tertiary/aromatic N) is 2. The molecule has 2 aromatic rings. The summed E-state index contributed by atoms with van der Waals surface area (Å²) in [5.41, 5.74) is 5.40. The zero-order chi connectivity index (χ0) is 18.8. The predicted molar refractivity (Wildman–Crippen MR) is 98.4 cm³/mol. The predicted octanol–water partition coefficient (Wildman–Crippen LogP) is 2.52. The summed E-state index contributed by atoms with van der Waals surface area (Å²) in [6.45, 7) is 4.72. The Kier molecular flexibility index (Phi) is 3.65. The second-order valence-corrected chi connectivity index (χ2v) is 7.41. The van der Waals surface area contributed by atoms with Crippen molar-refractivity contribution in [2.75, 3.05) is 18.0 Å². The lowest BCUT2D eigenvalue weighted by molar-refractivity contribution is 0.0695. The van der Waals surface area contributed by atoms with Crippen molar-refractivity contribution in [3.8, 4) is 0 Å². The van der Waals surface area contributed by atoms with E-state index in [4.69, 9.17) is 17.3 Å². The SMILES string of the molecule is C=Cn1cc(C(=O)O)c(=O)c2cc(F)c(N3CC(N)C4(CC4)C3)c(Cl)c21. The van der Waals surface area contributed by atoms with E-state index in [-0.39, 0.29) is 33.1 Å². The molecule has 1 aliphatic heterocycles. The number of aromatic nitrogens is 1. The second-order valence-electron chi connectivity index (χ2n) is 7.03. The van der Waals surface area contributed by atoms with Gasteiger partial charge < -0.3 is 20.3 Å². The fraction of sp³-hybridized carbons (Fsp3) is 0.333. The van der Waals surface area contributed by atoms with Gasteiger partial charge in [0.25, 0.3) is 0 Å². The maximum absolute atomic E-state index is 14.9. The number of halogens is 2. The van der Waals surface area contributed by atoms with Gasteiger partial charge in [-0.15, -0.1) is 0 Å². The lowest BCUT2D eigenvalue weighted by atomic mass is 10.0. The minimum Gasteiger partial charge on any atom is -0.477 e. The number of fused-ring (bicyclic) bond motifs is 1. The van der Waals surface area contributed by atoms with Gasteiger partial charge in [0.15, 0.2) is 0 Å². The van der Waals surface area contributed by atoms with Crippen LogP contribution < -0.4 is 16.1 Å². The summed E-state index contributed by atoms with van der Waals surface area (Å²) < 4.78 is 16.2. The highest BCUT2D eigenvalue weighted by Crippen LogP contribution is 2.53. The van der Waals surface area contributed by atoms with Crippen molar-refractivity contribution in [1.29, 1.82) is 0 Å². The van der Waals surface area contributed by atoms with Crippen molar-refractivity contribution in [1.82, 2.24) is 4.57 Å². The van der Waals surface area contributed by atoms with Gasteiger partial charge in [0.2, 0.25) is 5.43 Å². The summed E-state index contributed by atoms with van der Waals surface area (Å²) in [4.78, 5) is 25.6. The van der Waals surface area contributed by atoms with Crippen LogP contribution >= 0.6 is 11.6 Å². The summed E-state index contributed by atoms with van der Waals surface area (Å²) in [6, 6.07) is 0.999. The number of aromatic carboxylic acids is 1. The van der Waals surface area contributed by atoms with E-state index in [2.05, 4.69) is 6.58 Å². The molecule has 0 bridgehead atoms. The smallest absolute Gasteiger partial charge is 0.341 e. The second kappa shape index (κ2) is 5.56. The molecule has 6 nitrogen and oxygen atoms in total. The van der Waals surface area contributed by atoms with Crippen LogP contribution in [0, 0.1) is 11.2 Å². The van der Waals surface area contributed by atoms with E-state index in [1.54, 1.807) is 0 Å². The molecule has 4 rings (SSSR count). The Morgan fingerprint density at radius 3 is 2.73 bits per heavy atom. The van der Waals surface area contributed by atoms with Gasteiger partial charge in [0, 0.05) is 36.9 Å². The van der Waals surface area contributed by atoms with Gasteiger partial charge in [-0.25, -0.2) is 9.18 Å². The molecule has 1 unspecified atom stereocenters. The van der Waals surface area contributed by atoms with Crippen LogP contribution in [0.15, 0.2) is 23.6 Å². The Morgan fingerprint density at radius 2 is 2.19 bits per heavy atom. The number of pyridine rings is 1. The molecular formula is C18H17ClFN3O3. The molecule has 1 saturated carbocycles. The Bertz CT molecular complexity index is 1030. The molecule has 1 saturated heterocycles. The molecule has 2 aliphatic rings. The summed E-state index contributed by atoms with van der Waals surface area (Å²) >= 11 is 6.50. The van der Waals surface area contributed by atoms with Crippen LogP contribution in [0.2, 0.25) is 5.02 Å². The number of carboxylic acids is 1. The van der Waals surface area contributed by atoms with Crippen molar-refractivity contribution in [2.24, 2.45) is 11.1 Å². The van der Waals surface area contributed by atoms with Gasteiger partial charge in [-0.2, -0.15) is 0 Å². The van der Waals surface area contributed by atoms with E-state index < -0.39 is 22.8 Å². The van der Waals surface area contributed by atoms with Crippen LogP contribution in [0.1, 0.15) is 23.2 Å². The molecule has 2 heterocycles. The molecular weight excluding hydrogens is 361 g/mol. The van der Waals surface area contributed by atoms with Crippen LogP contribution in [0.5, 0.6) is 0 Å². The van der Waals surface area contributed by atoms with E-state index in [1.165, 1.54) is 10.8 Å². The molecule has 1 aliphatic carbocycles. The first-order chi connectivity index (χ1) is 12.3. The first kappa shape index (κ1) is 17.1. The quantitative estimate of drug-likeness (QED) is 0.858. The Morgan fingerprint density at radius 1 is 1.50 bits per heavy atom. The minimum atomic E-state index is -1.39. The Labute approximate surface area is 153 Å². The number of anilines is 1. The van der Waals surface area contributed by atoms with Crippen molar-refractivity contribution in [3.05, 3.63) is 45.5 Å². The number of hydrogen-bond donors (Lipinski definition) is 2. The molecule has 26 heavy (non-hydrogen) atoms. The lowest BCUT2D eigenvalue weighted by Crippen LogP contribution is -2.30. The van der Waals surface area contributed by atoms with E-state index in [0.717, 1.165) is 25.1 Å². The van der Waals surface area contributed by atoms with Crippen LogP contribution in [0.25, 0.3) is 17.1 Å². The van der Waals surface area contributed by atoms with E-state index >= 15 is 0 Å². The standard InChI is InChI=1S/C18H17ClFN3O3/c1-2-22-6-10(17(25)26)16(24)9-5-11(20)15(13(19)14(9)22)23-7-12(21)18(8-23)3-4-18/h2,5-6,12H,1,3-4,7-8,21H2,(H,25,26). The number of rotatable bonds is 3. The fourth-order valence-electron chi connectivity index (χ4n) is 3.87. The zero-order valence-corrected chi connectivity index (χ0v) is 14.6. The largest absolute Gasteiger partial charge is 0.477 e. The lowest BCUT2D eigenvalue weighted by Gasteiger charge is -2.22. The van der Waals surface area contributed by atoms with Gasteiger partial charge in [-0.3, -0.25) is 4.79 Å². The number of carbonyl (C=O) groups is 1. The van der Waals surface area contributed by atoms with Crippen LogP contribution in [0.3, 0.4) is 0 Å². The summed E-state index contributed by atoms with van der Waals surface area (Å²) in [6.07, 6.45) is 4.50. The number of nitrogens with two attached hydrogens (primary N) is 1. The summed E-state index contributed by atoms with van der Waals surface area (Å²) in [7, 11) is 0. The minimum absolute atomic E-state index is 0.0238. The highest BCUT2D eigenvalue weighted by atomic mass is 35.5. The van der Waals surface area contributed by atoms with Crippen molar-refractivity contribution >= 4 is 40.4 Å². The van der Waals surface area contributed by atoms with Crippen LogP contribution in [0.4, 0.5) is 10.1 Å². The normalized spacial score (nSPS) is 20.7. The molecule has 1 aromatic carbocycles. The molecule has 8 heteroatoms. The third-order valence-electron chi connectivity index (χ3n) is 5.53. The molecule has 136 valence electrons. The molecule has 2 fully saturated rings. The molecule has 1 aromatic heterocycles. The van der Waals surface area contributed by atoms with Gasteiger partial charge in [0.1, 0.15) is 11.4 Å². The number of carboxylic acid groups (broad SMARTS) is 1. The highest BCUT2D eigenvalue weighted by molar-refractivity contribution is 6.38. The van der Waals surface area contributed by atoms with Gasteiger partial charge in [-0.05, 0) is 18.9 Å². The summed E-state index contributed by atoms with van der Waals surface area (Å²) in [5, 5.41) is 9.17. The average Bonchev–Trinajstić information content (AvgIpc) is 3.28. The molecule has 0 amide bonds. The van der Waals surface area contributed by atoms with E-state index in [9.17, 15) is 19.1 Å². The molecule has 1 spiro atoms. The average molecular weight is 378 g/mol. The maximum Gasteiger partial charge on any atom is 0.341 e. The van der Waals surface area contributed by atoms with Crippen molar-refractivity contribution < 1.29 is 14.3 Å².